The first-order valence-corrected chi connectivity index (χ1v) is 5.72. The van der Waals surface area contributed by atoms with E-state index in [1.807, 2.05) is 12.1 Å². The molecule has 1 amide bonds. The highest BCUT2D eigenvalue weighted by Gasteiger charge is 2.18. The van der Waals surface area contributed by atoms with E-state index in [2.05, 4.69) is 0 Å². The van der Waals surface area contributed by atoms with Gasteiger partial charge in [0, 0.05) is 19.6 Å². The molecule has 1 aromatic rings. The van der Waals surface area contributed by atoms with Crippen molar-refractivity contribution in [3.8, 4) is 0 Å². The van der Waals surface area contributed by atoms with E-state index < -0.39 is 0 Å². The lowest BCUT2D eigenvalue weighted by atomic mass is 10.2. The minimum absolute atomic E-state index is 0.0768. The van der Waals surface area contributed by atoms with Crippen LogP contribution in [-0.4, -0.2) is 32.6 Å². The van der Waals surface area contributed by atoms with Crippen molar-refractivity contribution >= 4 is 17.5 Å². The maximum Gasteiger partial charge on any atom is 0.276 e. The number of nitrogens with zero attached hydrogens (tertiary/aromatic N) is 1. The Morgan fingerprint density at radius 2 is 2.00 bits per heavy atom. The molecule has 0 atom stereocenters. The zero-order valence-electron chi connectivity index (χ0n) is 11.3. The lowest BCUT2D eigenvalue weighted by Gasteiger charge is -2.22. The fourth-order valence-electron chi connectivity index (χ4n) is 1.53. The van der Waals surface area contributed by atoms with Gasteiger partial charge < -0.3 is 9.47 Å². The molecule has 0 heterocycles. The second-order valence-electron chi connectivity index (χ2n) is 3.78. The molecule has 0 saturated heterocycles. The van der Waals surface area contributed by atoms with Crippen molar-refractivity contribution in [1.82, 2.24) is 0 Å². The van der Waals surface area contributed by atoms with E-state index in [4.69, 9.17) is 19.7 Å². The van der Waals surface area contributed by atoms with Crippen molar-refractivity contribution in [3.05, 3.63) is 29.8 Å². The Morgan fingerprint density at radius 3 is 2.58 bits per heavy atom. The van der Waals surface area contributed by atoms with Gasteiger partial charge in [-0.3, -0.25) is 15.0 Å². The van der Waals surface area contributed by atoms with Crippen LogP contribution in [0.3, 0.4) is 0 Å². The van der Waals surface area contributed by atoms with Gasteiger partial charge in [-0.2, -0.15) is 5.06 Å². The van der Waals surface area contributed by atoms with Gasteiger partial charge in [-0.1, -0.05) is 18.2 Å². The molecule has 6 heteroatoms. The van der Waals surface area contributed by atoms with Crippen LogP contribution in [0.25, 0.3) is 0 Å². The van der Waals surface area contributed by atoms with Crippen molar-refractivity contribution in [2.24, 2.45) is 0 Å². The van der Waals surface area contributed by atoms with Gasteiger partial charge in [0.25, 0.3) is 5.91 Å². The van der Waals surface area contributed by atoms with Crippen LogP contribution in [0, 0.1) is 5.41 Å². The maximum atomic E-state index is 11.9. The highest BCUT2D eigenvalue weighted by molar-refractivity contribution is 5.93. The molecule has 104 valence electrons. The van der Waals surface area contributed by atoms with Gasteiger partial charge >= 0.3 is 0 Å². The standard InChI is InChI=1S/C13H18N2O4/c1-10(14)19-8-11-6-4-5-7-12(11)15(18-3)13(16)9-17-2/h4-7,14H,8-9H2,1-3H3. The van der Waals surface area contributed by atoms with E-state index in [-0.39, 0.29) is 25.0 Å². The summed E-state index contributed by atoms with van der Waals surface area (Å²) < 4.78 is 9.97. The summed E-state index contributed by atoms with van der Waals surface area (Å²) >= 11 is 0. The fraction of sp³-hybridized carbons (Fsp3) is 0.385. The fourth-order valence-corrected chi connectivity index (χ4v) is 1.53. The molecule has 0 fully saturated rings. The largest absolute Gasteiger partial charge is 0.477 e. The van der Waals surface area contributed by atoms with E-state index in [9.17, 15) is 4.79 Å². The predicted molar refractivity (Wildman–Crippen MR) is 71.0 cm³/mol. The molecule has 19 heavy (non-hydrogen) atoms. The predicted octanol–water partition coefficient (Wildman–Crippen LogP) is 1.74. The monoisotopic (exact) mass is 266 g/mol. The Hall–Kier alpha value is -1.92. The zero-order chi connectivity index (χ0) is 14.3. The molecule has 1 N–H and O–H groups in total. The number of nitrogens with one attached hydrogen (secondary N) is 1. The van der Waals surface area contributed by atoms with E-state index in [1.54, 1.807) is 19.1 Å². The minimum Gasteiger partial charge on any atom is -0.477 e. The number of carbonyl (C=O) groups is 1. The third-order valence-corrected chi connectivity index (χ3v) is 2.33. The summed E-state index contributed by atoms with van der Waals surface area (Å²) in [6, 6.07) is 7.18. The average Bonchev–Trinajstić information content (AvgIpc) is 2.38. The number of benzene rings is 1. The third kappa shape index (κ3) is 4.35. The van der Waals surface area contributed by atoms with Crippen molar-refractivity contribution in [1.29, 1.82) is 5.41 Å². The lowest BCUT2D eigenvalue weighted by molar-refractivity contribution is -0.128. The van der Waals surface area contributed by atoms with E-state index >= 15 is 0 Å². The smallest absolute Gasteiger partial charge is 0.276 e. The maximum absolute atomic E-state index is 11.9. The van der Waals surface area contributed by atoms with Crippen LogP contribution in [-0.2, 0) is 25.7 Å². The summed E-state index contributed by atoms with van der Waals surface area (Å²) in [6.45, 7) is 1.67. The molecule has 0 saturated carbocycles. The first-order chi connectivity index (χ1) is 9.10. The van der Waals surface area contributed by atoms with Gasteiger partial charge in [0.1, 0.15) is 13.2 Å². The van der Waals surface area contributed by atoms with Crippen LogP contribution < -0.4 is 5.06 Å². The number of para-hydroxylation sites is 1. The van der Waals surface area contributed by atoms with E-state index in [0.29, 0.717) is 5.69 Å². The number of carbonyl (C=O) groups excluding carboxylic acids is 1. The summed E-state index contributed by atoms with van der Waals surface area (Å²) in [5.41, 5.74) is 1.33. The number of rotatable bonds is 6. The number of hydroxylamine groups is 1. The SMILES string of the molecule is COCC(=O)N(OC)c1ccccc1COC(C)=N. The van der Waals surface area contributed by atoms with Crippen molar-refractivity contribution in [3.63, 3.8) is 0 Å². The Kier molecular flexibility index (Phi) is 5.98. The number of hydrogen-bond acceptors (Lipinski definition) is 5. The highest BCUT2D eigenvalue weighted by Crippen LogP contribution is 2.21. The minimum atomic E-state index is -0.316. The molecular formula is C13H18N2O4. The summed E-state index contributed by atoms with van der Waals surface area (Å²) in [7, 11) is 2.85. The normalized spacial score (nSPS) is 10.1. The van der Waals surface area contributed by atoms with Crippen LogP contribution in [0.1, 0.15) is 12.5 Å². The van der Waals surface area contributed by atoms with Gasteiger partial charge in [-0.05, 0) is 6.07 Å². The molecule has 1 aromatic carbocycles. The lowest BCUT2D eigenvalue weighted by Crippen LogP contribution is -2.33. The quantitative estimate of drug-likeness (QED) is 0.483. The molecule has 0 spiro atoms. The van der Waals surface area contributed by atoms with Crippen LogP contribution >= 0.6 is 0 Å². The third-order valence-electron chi connectivity index (χ3n) is 2.33. The number of methoxy groups -OCH3 is 1. The molecule has 0 radical (unpaired) electrons. The number of hydrogen-bond donors (Lipinski definition) is 1. The van der Waals surface area contributed by atoms with Gasteiger partial charge in [0.15, 0.2) is 5.90 Å². The molecule has 0 aliphatic heterocycles. The van der Waals surface area contributed by atoms with Gasteiger partial charge in [-0.25, -0.2) is 0 Å². The van der Waals surface area contributed by atoms with Crippen molar-refractivity contribution in [2.45, 2.75) is 13.5 Å². The Balaban J connectivity index is 2.96. The molecule has 0 aromatic heterocycles. The Bertz CT molecular complexity index is 448. The summed E-state index contributed by atoms with van der Waals surface area (Å²) in [6.07, 6.45) is 0. The number of ether oxygens (including phenoxy) is 2. The van der Waals surface area contributed by atoms with Gasteiger partial charge in [-0.15, -0.1) is 0 Å². The Morgan fingerprint density at radius 1 is 1.32 bits per heavy atom. The van der Waals surface area contributed by atoms with Crippen LogP contribution in [0.2, 0.25) is 0 Å². The van der Waals surface area contributed by atoms with Crippen LogP contribution in [0.15, 0.2) is 24.3 Å². The molecule has 0 unspecified atom stereocenters. The van der Waals surface area contributed by atoms with Crippen molar-refractivity contribution < 1.29 is 19.1 Å². The van der Waals surface area contributed by atoms with Crippen LogP contribution in [0.4, 0.5) is 5.69 Å². The Labute approximate surface area is 112 Å². The topological polar surface area (TPSA) is 71.8 Å². The second kappa shape index (κ2) is 7.50. The van der Waals surface area contributed by atoms with E-state index in [0.717, 1.165) is 10.6 Å². The number of amides is 1. The molecular weight excluding hydrogens is 248 g/mol. The first-order valence-electron chi connectivity index (χ1n) is 5.72. The number of anilines is 1. The van der Waals surface area contributed by atoms with Crippen LogP contribution in [0.5, 0.6) is 0 Å². The average molecular weight is 266 g/mol. The van der Waals surface area contributed by atoms with Gasteiger partial charge in [0.2, 0.25) is 0 Å². The summed E-state index contributed by atoms with van der Waals surface area (Å²) in [5.74, 6) is -0.203. The van der Waals surface area contributed by atoms with Crippen molar-refractivity contribution in [2.75, 3.05) is 25.9 Å². The zero-order valence-corrected chi connectivity index (χ0v) is 11.3. The second-order valence-corrected chi connectivity index (χ2v) is 3.78. The molecule has 1 rings (SSSR count). The molecule has 0 aliphatic rings. The summed E-state index contributed by atoms with van der Waals surface area (Å²) in [4.78, 5) is 17.0. The summed E-state index contributed by atoms with van der Waals surface area (Å²) in [5, 5.41) is 8.42. The van der Waals surface area contributed by atoms with E-state index in [1.165, 1.54) is 14.2 Å². The molecule has 0 bridgehead atoms. The van der Waals surface area contributed by atoms with Gasteiger partial charge in [0.05, 0.1) is 12.8 Å². The first kappa shape index (κ1) is 15.1. The molecule has 0 aliphatic carbocycles. The highest BCUT2D eigenvalue weighted by atomic mass is 16.7. The molecule has 6 nitrogen and oxygen atoms in total.